The number of nitrogens with zero attached hydrogens (tertiary/aromatic N) is 1. The van der Waals surface area contributed by atoms with E-state index in [1.807, 2.05) is 0 Å². The Balaban J connectivity index is 2.79. The van der Waals surface area contributed by atoms with E-state index >= 15 is 0 Å². The van der Waals surface area contributed by atoms with Crippen LogP contribution in [0, 0.1) is 11.3 Å². The second-order valence-electron chi connectivity index (χ2n) is 5.19. The zero-order chi connectivity index (χ0) is 16.3. The van der Waals surface area contributed by atoms with E-state index in [1.165, 1.54) is 12.1 Å². The van der Waals surface area contributed by atoms with Gasteiger partial charge in [-0.1, -0.05) is 0 Å². The molecule has 7 heteroatoms. The van der Waals surface area contributed by atoms with Crippen LogP contribution in [-0.4, -0.2) is 17.3 Å². The molecule has 1 aromatic rings. The number of halogens is 3. The van der Waals surface area contributed by atoms with Gasteiger partial charge in [-0.2, -0.15) is 18.4 Å². The van der Waals surface area contributed by atoms with Gasteiger partial charge in [-0.25, -0.2) is 0 Å². The summed E-state index contributed by atoms with van der Waals surface area (Å²) in [5, 5.41) is 8.79. The fourth-order valence-corrected chi connectivity index (χ4v) is 2.17. The smallest absolute Gasteiger partial charge is 0.417 e. The van der Waals surface area contributed by atoms with Crippen molar-refractivity contribution in [2.75, 3.05) is 5.75 Å². The zero-order valence-corrected chi connectivity index (χ0v) is 12.6. The monoisotopic (exact) mass is 317 g/mol. The number of alkyl halides is 3. The maximum Gasteiger partial charge on any atom is 0.417 e. The number of carbonyl (C=O) groups excluding carboxylic acids is 1. The molecule has 3 nitrogen and oxygen atoms in total. The van der Waals surface area contributed by atoms with E-state index in [0.717, 1.165) is 23.9 Å². The van der Waals surface area contributed by atoms with E-state index in [9.17, 15) is 18.0 Å². The molecule has 0 atom stereocenters. The molecule has 0 heterocycles. The van der Waals surface area contributed by atoms with Gasteiger partial charge in [0, 0.05) is 4.90 Å². The van der Waals surface area contributed by atoms with E-state index in [2.05, 4.69) is 0 Å². The van der Waals surface area contributed by atoms with Crippen LogP contribution in [0.4, 0.5) is 13.2 Å². The first kappa shape index (κ1) is 17.4. The Morgan fingerprint density at radius 1 is 1.33 bits per heavy atom. The van der Waals surface area contributed by atoms with Gasteiger partial charge in [0.05, 0.1) is 22.9 Å². The van der Waals surface area contributed by atoms with Crippen molar-refractivity contribution in [1.82, 2.24) is 0 Å². The summed E-state index contributed by atoms with van der Waals surface area (Å²) >= 11 is 1.03. The molecule has 0 aliphatic heterocycles. The average Bonchev–Trinajstić information content (AvgIpc) is 2.32. The molecule has 0 fully saturated rings. The lowest BCUT2D eigenvalue weighted by Crippen LogP contribution is -2.24. The lowest BCUT2D eigenvalue weighted by molar-refractivity contribution is -0.151. The van der Waals surface area contributed by atoms with Gasteiger partial charge in [0.2, 0.25) is 0 Å². The van der Waals surface area contributed by atoms with Crippen LogP contribution in [0.2, 0.25) is 0 Å². The fraction of sp³-hybridized carbons (Fsp3) is 0.429. The molecule has 0 radical (unpaired) electrons. The molecule has 1 aromatic carbocycles. The van der Waals surface area contributed by atoms with Crippen molar-refractivity contribution in [3.05, 3.63) is 29.3 Å². The quantitative estimate of drug-likeness (QED) is 0.624. The van der Waals surface area contributed by atoms with Gasteiger partial charge in [0.25, 0.3) is 0 Å². The Kier molecular flexibility index (Phi) is 5.29. The number of benzene rings is 1. The minimum absolute atomic E-state index is 0.0342. The van der Waals surface area contributed by atoms with Crippen LogP contribution in [0.1, 0.15) is 31.9 Å². The molecule has 21 heavy (non-hydrogen) atoms. The standard InChI is InChI=1S/C14H14F3NO2S/c1-13(2,3)20-12(19)8-21-10-4-5-11(14(15,16)17)9(6-10)7-18/h4-6H,8H2,1-3H3. The first-order valence-electron chi connectivity index (χ1n) is 5.99. The van der Waals surface area contributed by atoms with Crippen LogP contribution in [0.25, 0.3) is 0 Å². The minimum Gasteiger partial charge on any atom is -0.459 e. The summed E-state index contributed by atoms with van der Waals surface area (Å²) < 4.78 is 43.0. The molecule has 0 saturated heterocycles. The van der Waals surface area contributed by atoms with E-state index < -0.39 is 28.9 Å². The van der Waals surface area contributed by atoms with Crippen LogP contribution in [-0.2, 0) is 15.7 Å². The van der Waals surface area contributed by atoms with E-state index in [0.29, 0.717) is 4.90 Å². The summed E-state index contributed by atoms with van der Waals surface area (Å²) in [4.78, 5) is 11.9. The number of hydrogen-bond donors (Lipinski definition) is 0. The number of thioether (sulfide) groups is 1. The maximum absolute atomic E-state index is 12.6. The summed E-state index contributed by atoms with van der Waals surface area (Å²) in [7, 11) is 0. The molecular formula is C14H14F3NO2S. The third-order valence-electron chi connectivity index (χ3n) is 2.19. The van der Waals surface area contributed by atoms with Crippen LogP contribution in [0.3, 0.4) is 0 Å². The Morgan fingerprint density at radius 3 is 2.43 bits per heavy atom. The number of ether oxygens (including phenoxy) is 1. The molecule has 0 spiro atoms. The molecule has 0 bridgehead atoms. The van der Waals surface area contributed by atoms with E-state index in [1.54, 1.807) is 20.8 Å². The van der Waals surface area contributed by atoms with Crippen LogP contribution in [0.5, 0.6) is 0 Å². The lowest BCUT2D eigenvalue weighted by Gasteiger charge is -2.19. The van der Waals surface area contributed by atoms with Gasteiger partial charge >= 0.3 is 12.1 Å². The number of esters is 1. The third kappa shape index (κ3) is 5.68. The molecular weight excluding hydrogens is 303 g/mol. The second kappa shape index (κ2) is 6.39. The van der Waals surface area contributed by atoms with Gasteiger partial charge in [-0.3, -0.25) is 4.79 Å². The Morgan fingerprint density at radius 2 is 1.95 bits per heavy atom. The molecule has 114 valence electrons. The molecule has 0 aromatic heterocycles. The predicted molar refractivity (Wildman–Crippen MR) is 72.7 cm³/mol. The molecule has 0 aliphatic carbocycles. The Hall–Kier alpha value is -1.68. The topological polar surface area (TPSA) is 50.1 Å². The van der Waals surface area contributed by atoms with Gasteiger partial charge in [0.15, 0.2) is 0 Å². The molecule has 0 unspecified atom stereocenters. The Bertz CT molecular complexity index is 571. The largest absolute Gasteiger partial charge is 0.459 e. The van der Waals surface area contributed by atoms with Crippen molar-refractivity contribution >= 4 is 17.7 Å². The minimum atomic E-state index is -4.57. The second-order valence-corrected chi connectivity index (χ2v) is 6.24. The molecule has 0 N–H and O–H groups in total. The summed E-state index contributed by atoms with van der Waals surface area (Å²) in [5.41, 5.74) is -2.06. The summed E-state index contributed by atoms with van der Waals surface area (Å²) in [6.07, 6.45) is -4.57. The highest BCUT2D eigenvalue weighted by molar-refractivity contribution is 8.00. The normalized spacial score (nSPS) is 11.9. The van der Waals surface area contributed by atoms with Gasteiger partial charge in [-0.15, -0.1) is 11.8 Å². The fourth-order valence-electron chi connectivity index (χ4n) is 1.47. The predicted octanol–water partition coefficient (Wildman–Crippen LogP) is 4.01. The van der Waals surface area contributed by atoms with Crippen molar-refractivity contribution in [3.8, 4) is 6.07 Å². The molecule has 0 aliphatic rings. The van der Waals surface area contributed by atoms with Crippen LogP contribution >= 0.6 is 11.8 Å². The van der Waals surface area contributed by atoms with Gasteiger partial charge < -0.3 is 4.74 Å². The highest BCUT2D eigenvalue weighted by Gasteiger charge is 2.33. The van der Waals surface area contributed by atoms with Crippen molar-refractivity contribution in [2.24, 2.45) is 0 Å². The van der Waals surface area contributed by atoms with E-state index in [-0.39, 0.29) is 5.75 Å². The van der Waals surface area contributed by atoms with Crippen molar-refractivity contribution in [2.45, 2.75) is 37.4 Å². The molecule has 0 saturated carbocycles. The number of hydrogen-bond acceptors (Lipinski definition) is 4. The SMILES string of the molecule is CC(C)(C)OC(=O)CSc1ccc(C(F)(F)F)c(C#N)c1. The van der Waals surface area contributed by atoms with Crippen LogP contribution < -0.4 is 0 Å². The van der Waals surface area contributed by atoms with Gasteiger partial charge in [0.1, 0.15) is 5.60 Å². The van der Waals surface area contributed by atoms with E-state index in [4.69, 9.17) is 10.00 Å². The molecule has 1 rings (SSSR count). The zero-order valence-electron chi connectivity index (χ0n) is 11.7. The number of rotatable bonds is 3. The summed E-state index contributed by atoms with van der Waals surface area (Å²) in [5.74, 6) is -0.501. The highest BCUT2D eigenvalue weighted by Crippen LogP contribution is 2.33. The number of carbonyl (C=O) groups is 1. The summed E-state index contributed by atoms with van der Waals surface area (Å²) in [6, 6.07) is 4.72. The van der Waals surface area contributed by atoms with Crippen molar-refractivity contribution in [1.29, 1.82) is 5.26 Å². The molecule has 0 amide bonds. The Labute approximate surface area is 125 Å². The average molecular weight is 317 g/mol. The van der Waals surface area contributed by atoms with Crippen molar-refractivity contribution in [3.63, 3.8) is 0 Å². The van der Waals surface area contributed by atoms with Crippen molar-refractivity contribution < 1.29 is 22.7 Å². The first-order valence-corrected chi connectivity index (χ1v) is 6.97. The lowest BCUT2D eigenvalue weighted by atomic mass is 10.1. The first-order chi connectivity index (χ1) is 9.53. The van der Waals surface area contributed by atoms with Crippen LogP contribution in [0.15, 0.2) is 23.1 Å². The number of nitriles is 1. The third-order valence-corrected chi connectivity index (χ3v) is 3.16. The highest BCUT2D eigenvalue weighted by atomic mass is 32.2. The maximum atomic E-state index is 12.6. The summed E-state index contributed by atoms with van der Waals surface area (Å²) in [6.45, 7) is 5.17. The van der Waals surface area contributed by atoms with Gasteiger partial charge in [-0.05, 0) is 39.0 Å².